The molecule has 0 spiro atoms. The number of ether oxygens (including phenoxy) is 1. The Bertz CT molecular complexity index is 2290. The van der Waals surface area contributed by atoms with E-state index in [1.54, 1.807) is 24.4 Å². The number of carbonyl (C=O) groups excluding carboxylic acids is 4. The van der Waals surface area contributed by atoms with Gasteiger partial charge in [0.1, 0.15) is 18.4 Å². The monoisotopic (exact) mass is 799 g/mol. The van der Waals surface area contributed by atoms with Crippen LogP contribution in [0.5, 0.6) is 5.75 Å². The third-order valence-corrected chi connectivity index (χ3v) is 12.6. The van der Waals surface area contributed by atoms with Crippen molar-refractivity contribution >= 4 is 46.9 Å². The smallest absolute Gasteiger partial charge is 0.262 e. The van der Waals surface area contributed by atoms with Gasteiger partial charge in [-0.15, -0.1) is 0 Å². The minimum Gasteiger partial charge on any atom is -0.487 e. The summed E-state index contributed by atoms with van der Waals surface area (Å²) in [6, 6.07) is 22.0. The van der Waals surface area contributed by atoms with Gasteiger partial charge in [0.05, 0.1) is 28.5 Å². The standard InChI is InChI=1S/C45H46ClN7O5/c1-45(2,32-22-30(26-47)23-33(46)24-32)31-3-6-36(7-4-31)58-27-34-11-16-48-44(49-34)52-19-14-29(15-20-52)21-28-12-17-51(18-13-28)35-5-8-37-38(25-35)43(57)53(42(37)56)39-9-10-40(54)50-41(39)55/h3-8,11,16,22-25,28-29,39H,9-10,12-15,17-21,27H2,1-2H3,(H,50,54,55). The van der Waals surface area contributed by atoms with Crippen LogP contribution in [0.15, 0.2) is 72.9 Å². The van der Waals surface area contributed by atoms with Crippen LogP contribution in [-0.4, -0.2) is 70.7 Å². The van der Waals surface area contributed by atoms with Crippen molar-refractivity contribution in [2.45, 2.75) is 76.9 Å². The summed E-state index contributed by atoms with van der Waals surface area (Å²) in [6.45, 7) is 8.12. The number of hydrogen-bond acceptors (Lipinski definition) is 10. The molecule has 1 aromatic heterocycles. The first-order valence-corrected chi connectivity index (χ1v) is 20.5. The Kier molecular flexibility index (Phi) is 10.9. The van der Waals surface area contributed by atoms with Crippen LogP contribution in [0.4, 0.5) is 11.6 Å². The minimum atomic E-state index is -0.966. The van der Waals surface area contributed by atoms with Crippen LogP contribution in [0.2, 0.25) is 5.02 Å². The van der Waals surface area contributed by atoms with Crippen molar-refractivity contribution < 1.29 is 23.9 Å². The third kappa shape index (κ3) is 8.01. The van der Waals surface area contributed by atoms with Gasteiger partial charge in [-0.3, -0.25) is 29.4 Å². The summed E-state index contributed by atoms with van der Waals surface area (Å²) in [7, 11) is 0. The van der Waals surface area contributed by atoms with Crippen molar-refractivity contribution in [3.05, 3.63) is 111 Å². The average Bonchev–Trinajstić information content (AvgIpc) is 3.48. The van der Waals surface area contributed by atoms with Crippen molar-refractivity contribution in [2.24, 2.45) is 11.8 Å². The van der Waals surface area contributed by atoms with E-state index < -0.39 is 23.8 Å². The zero-order chi connectivity index (χ0) is 40.6. The summed E-state index contributed by atoms with van der Waals surface area (Å²) in [5, 5.41) is 12.2. The molecule has 4 aliphatic rings. The Morgan fingerprint density at radius 1 is 0.828 bits per heavy atom. The van der Waals surface area contributed by atoms with E-state index in [1.165, 1.54) is 6.42 Å². The van der Waals surface area contributed by atoms with E-state index in [-0.39, 0.29) is 24.2 Å². The lowest BCUT2D eigenvalue weighted by Gasteiger charge is -2.37. The molecule has 58 heavy (non-hydrogen) atoms. The first-order chi connectivity index (χ1) is 28.0. The van der Waals surface area contributed by atoms with E-state index >= 15 is 0 Å². The molecule has 4 amide bonds. The number of halogens is 1. The highest BCUT2D eigenvalue weighted by Crippen LogP contribution is 2.36. The van der Waals surface area contributed by atoms with Crippen LogP contribution in [0.1, 0.15) is 102 Å². The van der Waals surface area contributed by atoms with Gasteiger partial charge in [0, 0.05) is 54.9 Å². The van der Waals surface area contributed by atoms with Gasteiger partial charge >= 0.3 is 0 Å². The molecule has 1 unspecified atom stereocenters. The normalized spacial score (nSPS) is 19.3. The molecular formula is C45H46ClN7O5. The maximum atomic E-state index is 13.3. The molecule has 0 bridgehead atoms. The van der Waals surface area contributed by atoms with Gasteiger partial charge in [0.25, 0.3) is 11.8 Å². The number of hydrogen-bond donors (Lipinski definition) is 1. The molecule has 8 rings (SSSR count). The second-order valence-electron chi connectivity index (χ2n) is 16.4. The number of nitrogens with zero attached hydrogens (tertiary/aromatic N) is 6. The molecule has 0 aliphatic carbocycles. The lowest BCUT2D eigenvalue weighted by atomic mass is 9.78. The Morgan fingerprint density at radius 3 is 2.21 bits per heavy atom. The lowest BCUT2D eigenvalue weighted by Crippen LogP contribution is -2.54. The largest absolute Gasteiger partial charge is 0.487 e. The molecule has 4 aliphatic heterocycles. The predicted molar refractivity (Wildman–Crippen MR) is 219 cm³/mol. The quantitative estimate of drug-likeness (QED) is 0.169. The number of amides is 4. The van der Waals surface area contributed by atoms with E-state index in [2.05, 4.69) is 40.0 Å². The third-order valence-electron chi connectivity index (χ3n) is 12.4. The molecule has 298 valence electrons. The molecule has 0 radical (unpaired) electrons. The fraction of sp³-hybridized carbons (Fsp3) is 0.400. The molecule has 3 aromatic carbocycles. The number of carbonyl (C=O) groups is 4. The maximum Gasteiger partial charge on any atom is 0.262 e. The summed E-state index contributed by atoms with van der Waals surface area (Å²) in [5.41, 5.74) is 4.60. The Hall–Kier alpha value is -5.80. The highest BCUT2D eigenvalue weighted by Gasteiger charge is 2.45. The zero-order valence-corrected chi connectivity index (χ0v) is 33.5. The zero-order valence-electron chi connectivity index (χ0n) is 32.7. The first kappa shape index (κ1) is 39.0. The van der Waals surface area contributed by atoms with Crippen LogP contribution >= 0.6 is 11.6 Å². The molecule has 3 saturated heterocycles. The fourth-order valence-electron chi connectivity index (χ4n) is 8.85. The molecule has 0 saturated carbocycles. The van der Waals surface area contributed by atoms with Crippen LogP contribution in [0.3, 0.4) is 0 Å². The van der Waals surface area contributed by atoms with Crippen LogP contribution in [0, 0.1) is 23.2 Å². The van der Waals surface area contributed by atoms with Gasteiger partial charge in [0.15, 0.2) is 0 Å². The molecule has 1 N–H and O–H groups in total. The van der Waals surface area contributed by atoms with Gasteiger partial charge in [-0.2, -0.15) is 5.26 Å². The molecule has 4 aromatic rings. The summed E-state index contributed by atoms with van der Waals surface area (Å²) in [4.78, 5) is 65.6. The van der Waals surface area contributed by atoms with Gasteiger partial charge in [-0.05, 0) is 116 Å². The van der Waals surface area contributed by atoms with Crippen LogP contribution in [0.25, 0.3) is 0 Å². The van der Waals surface area contributed by atoms with Gasteiger partial charge in [-0.25, -0.2) is 9.97 Å². The van der Waals surface area contributed by atoms with E-state index in [1.807, 2.05) is 48.5 Å². The molecule has 5 heterocycles. The van der Waals surface area contributed by atoms with Crippen molar-refractivity contribution in [3.63, 3.8) is 0 Å². The summed E-state index contributed by atoms with van der Waals surface area (Å²) < 4.78 is 6.13. The number of piperidine rings is 3. The summed E-state index contributed by atoms with van der Waals surface area (Å²) in [5.74, 6) is 0.798. The van der Waals surface area contributed by atoms with E-state index in [0.717, 1.165) is 91.0 Å². The van der Waals surface area contributed by atoms with Crippen LogP contribution < -0.4 is 19.9 Å². The van der Waals surface area contributed by atoms with Crippen molar-refractivity contribution in [3.8, 4) is 11.8 Å². The second kappa shape index (κ2) is 16.2. The average molecular weight is 800 g/mol. The summed E-state index contributed by atoms with van der Waals surface area (Å²) >= 11 is 6.30. The minimum absolute atomic E-state index is 0.0971. The predicted octanol–water partition coefficient (Wildman–Crippen LogP) is 6.83. The first-order valence-electron chi connectivity index (χ1n) is 20.1. The van der Waals surface area contributed by atoms with Crippen molar-refractivity contribution in [1.82, 2.24) is 20.2 Å². The SMILES string of the molecule is CC(C)(c1ccc(OCc2ccnc(N3CCC(CC4CCN(c5ccc6c(c5)C(=O)N(C5CCC(=O)NC5=O)C6=O)CC4)CC3)n2)cc1)c1cc(Cl)cc(C#N)c1. The Labute approximate surface area is 343 Å². The Balaban J connectivity index is 0.794. The van der Waals surface area contributed by atoms with Gasteiger partial charge < -0.3 is 14.5 Å². The number of benzene rings is 3. The Morgan fingerprint density at radius 2 is 1.52 bits per heavy atom. The number of rotatable bonds is 10. The van der Waals surface area contributed by atoms with E-state index in [4.69, 9.17) is 21.3 Å². The molecule has 3 fully saturated rings. The maximum absolute atomic E-state index is 13.3. The number of fused-ring (bicyclic) bond motifs is 1. The molecular weight excluding hydrogens is 754 g/mol. The number of imide groups is 2. The number of aromatic nitrogens is 2. The van der Waals surface area contributed by atoms with E-state index in [0.29, 0.717) is 40.2 Å². The number of anilines is 2. The van der Waals surface area contributed by atoms with Crippen molar-refractivity contribution in [2.75, 3.05) is 36.0 Å². The molecule has 13 heteroatoms. The second-order valence-corrected chi connectivity index (χ2v) is 16.8. The lowest BCUT2D eigenvalue weighted by molar-refractivity contribution is -0.136. The topological polar surface area (TPSA) is 149 Å². The number of nitriles is 1. The van der Waals surface area contributed by atoms with Crippen LogP contribution in [-0.2, 0) is 21.6 Å². The highest BCUT2D eigenvalue weighted by molar-refractivity contribution is 6.30. The van der Waals surface area contributed by atoms with Crippen molar-refractivity contribution in [1.29, 1.82) is 5.26 Å². The highest BCUT2D eigenvalue weighted by atomic mass is 35.5. The van der Waals surface area contributed by atoms with E-state index in [9.17, 15) is 24.4 Å². The number of nitrogens with one attached hydrogen (secondary N) is 1. The fourth-order valence-corrected chi connectivity index (χ4v) is 9.08. The molecule has 1 atom stereocenters. The van der Waals surface area contributed by atoms with Gasteiger partial charge in [0.2, 0.25) is 17.8 Å². The van der Waals surface area contributed by atoms with Gasteiger partial charge in [-0.1, -0.05) is 37.6 Å². The molecule has 12 nitrogen and oxygen atoms in total. The summed E-state index contributed by atoms with van der Waals surface area (Å²) in [6.07, 6.45) is 7.52.